The second-order valence-electron chi connectivity index (χ2n) is 3.61. The molecule has 1 aromatic heterocycles. The maximum Gasteiger partial charge on any atom is 0.320 e. The lowest BCUT2D eigenvalue weighted by atomic mass is 10.0. The van der Waals surface area contributed by atoms with E-state index in [1.54, 1.807) is 0 Å². The molecular weight excluding hydrogens is 198 g/mol. The molecule has 2 N–H and O–H groups in total. The van der Waals surface area contributed by atoms with Crippen LogP contribution in [0.25, 0.3) is 0 Å². The molecule has 6 heteroatoms. The average Bonchev–Trinajstić information content (AvgIpc) is 2.63. The molecule has 0 amide bonds. The molecule has 0 saturated carbocycles. The predicted octanol–water partition coefficient (Wildman–Crippen LogP) is 0.311. The van der Waals surface area contributed by atoms with E-state index >= 15 is 0 Å². The Morgan fingerprint density at radius 2 is 2.40 bits per heavy atom. The molecule has 0 fully saturated rings. The Bertz CT molecular complexity index is 298. The van der Waals surface area contributed by atoms with Crippen LogP contribution >= 0.6 is 0 Å². The second-order valence-corrected chi connectivity index (χ2v) is 3.61. The van der Waals surface area contributed by atoms with Crippen molar-refractivity contribution in [1.29, 1.82) is 0 Å². The van der Waals surface area contributed by atoms with E-state index in [9.17, 15) is 4.79 Å². The minimum Gasteiger partial charge on any atom is -0.480 e. The van der Waals surface area contributed by atoms with Gasteiger partial charge in [-0.3, -0.25) is 4.79 Å². The van der Waals surface area contributed by atoms with Crippen LogP contribution < -0.4 is 5.32 Å². The van der Waals surface area contributed by atoms with Gasteiger partial charge in [-0.1, -0.05) is 19.0 Å². The molecule has 0 aliphatic heterocycles. The molecule has 0 aliphatic rings. The van der Waals surface area contributed by atoms with E-state index in [-0.39, 0.29) is 5.92 Å². The summed E-state index contributed by atoms with van der Waals surface area (Å²) >= 11 is 0. The number of carboxylic acid groups (broad SMARTS) is 1. The lowest BCUT2D eigenvalue weighted by Crippen LogP contribution is -2.41. The Morgan fingerprint density at radius 3 is 2.87 bits per heavy atom. The SMILES string of the molecule is CC(C)C(NCCc1ncon1)C(=O)O. The molecule has 1 aromatic rings. The highest BCUT2D eigenvalue weighted by molar-refractivity contribution is 5.73. The molecule has 1 rings (SSSR count). The zero-order valence-electron chi connectivity index (χ0n) is 8.80. The number of aliphatic carboxylic acids is 1. The summed E-state index contributed by atoms with van der Waals surface area (Å²) in [7, 11) is 0. The maximum absolute atomic E-state index is 10.8. The zero-order chi connectivity index (χ0) is 11.3. The zero-order valence-corrected chi connectivity index (χ0v) is 8.80. The summed E-state index contributed by atoms with van der Waals surface area (Å²) in [5, 5.41) is 15.5. The van der Waals surface area contributed by atoms with Crippen LogP contribution in [0.15, 0.2) is 10.9 Å². The lowest BCUT2D eigenvalue weighted by molar-refractivity contribution is -0.140. The fraction of sp³-hybridized carbons (Fsp3) is 0.667. The van der Waals surface area contributed by atoms with Gasteiger partial charge in [-0.15, -0.1) is 0 Å². The summed E-state index contributed by atoms with van der Waals surface area (Å²) in [6.45, 7) is 4.24. The Hall–Kier alpha value is -1.43. The summed E-state index contributed by atoms with van der Waals surface area (Å²) in [6, 6.07) is -0.531. The van der Waals surface area contributed by atoms with Crippen molar-refractivity contribution < 1.29 is 14.4 Å². The molecule has 15 heavy (non-hydrogen) atoms. The van der Waals surface area contributed by atoms with Crippen molar-refractivity contribution in [2.75, 3.05) is 6.54 Å². The van der Waals surface area contributed by atoms with Crippen molar-refractivity contribution in [3.8, 4) is 0 Å². The molecular formula is C9H15N3O3. The monoisotopic (exact) mass is 213 g/mol. The fourth-order valence-electron chi connectivity index (χ4n) is 1.25. The van der Waals surface area contributed by atoms with Gasteiger partial charge in [0.2, 0.25) is 6.39 Å². The van der Waals surface area contributed by atoms with Crippen LogP contribution in [0.2, 0.25) is 0 Å². The van der Waals surface area contributed by atoms with Crippen molar-refractivity contribution in [2.45, 2.75) is 26.3 Å². The highest BCUT2D eigenvalue weighted by atomic mass is 16.5. The molecule has 1 unspecified atom stereocenters. The largest absolute Gasteiger partial charge is 0.480 e. The van der Waals surface area contributed by atoms with Crippen LogP contribution in [0.5, 0.6) is 0 Å². The Morgan fingerprint density at radius 1 is 1.67 bits per heavy atom. The number of carbonyl (C=O) groups is 1. The van der Waals surface area contributed by atoms with Crippen molar-refractivity contribution in [1.82, 2.24) is 15.5 Å². The minimum atomic E-state index is -0.835. The summed E-state index contributed by atoms with van der Waals surface area (Å²) < 4.78 is 4.56. The van der Waals surface area contributed by atoms with Crippen molar-refractivity contribution in [3.05, 3.63) is 12.2 Å². The molecule has 84 valence electrons. The van der Waals surface area contributed by atoms with Gasteiger partial charge in [0, 0.05) is 13.0 Å². The van der Waals surface area contributed by atoms with E-state index in [0.717, 1.165) is 0 Å². The first-order valence-corrected chi connectivity index (χ1v) is 4.82. The van der Waals surface area contributed by atoms with Crippen molar-refractivity contribution in [3.63, 3.8) is 0 Å². The van der Waals surface area contributed by atoms with Gasteiger partial charge < -0.3 is 14.9 Å². The van der Waals surface area contributed by atoms with Gasteiger partial charge >= 0.3 is 5.97 Å². The number of carboxylic acids is 1. The number of hydrogen-bond donors (Lipinski definition) is 2. The lowest BCUT2D eigenvalue weighted by Gasteiger charge is -2.17. The average molecular weight is 213 g/mol. The molecule has 0 radical (unpaired) electrons. The third kappa shape index (κ3) is 3.67. The van der Waals surface area contributed by atoms with Gasteiger partial charge in [0.25, 0.3) is 0 Å². The number of rotatable bonds is 6. The molecule has 1 atom stereocenters. The molecule has 0 aromatic carbocycles. The molecule has 0 bridgehead atoms. The van der Waals surface area contributed by atoms with E-state index < -0.39 is 12.0 Å². The fourth-order valence-corrected chi connectivity index (χ4v) is 1.25. The topological polar surface area (TPSA) is 88.3 Å². The minimum absolute atomic E-state index is 0.0489. The van der Waals surface area contributed by atoms with Gasteiger partial charge in [-0.2, -0.15) is 4.98 Å². The Balaban J connectivity index is 2.31. The number of nitrogens with zero attached hydrogens (tertiary/aromatic N) is 2. The molecule has 0 aliphatic carbocycles. The maximum atomic E-state index is 10.8. The highest BCUT2D eigenvalue weighted by Gasteiger charge is 2.20. The normalized spacial score (nSPS) is 13.0. The molecule has 1 heterocycles. The van der Waals surface area contributed by atoms with Gasteiger partial charge in [-0.25, -0.2) is 0 Å². The first-order chi connectivity index (χ1) is 7.11. The third-order valence-electron chi connectivity index (χ3n) is 2.05. The second kappa shape index (κ2) is 5.45. The van der Waals surface area contributed by atoms with E-state index in [4.69, 9.17) is 5.11 Å². The van der Waals surface area contributed by atoms with E-state index in [1.807, 2.05) is 13.8 Å². The summed E-state index contributed by atoms with van der Waals surface area (Å²) in [6.07, 6.45) is 1.82. The molecule has 6 nitrogen and oxygen atoms in total. The van der Waals surface area contributed by atoms with Crippen LogP contribution in [0, 0.1) is 5.92 Å². The first kappa shape index (κ1) is 11.6. The quantitative estimate of drug-likeness (QED) is 0.707. The van der Waals surface area contributed by atoms with Gasteiger partial charge in [0.15, 0.2) is 5.82 Å². The van der Waals surface area contributed by atoms with E-state index in [1.165, 1.54) is 6.39 Å². The first-order valence-electron chi connectivity index (χ1n) is 4.82. The molecule has 0 spiro atoms. The van der Waals surface area contributed by atoms with E-state index in [0.29, 0.717) is 18.8 Å². The van der Waals surface area contributed by atoms with E-state index in [2.05, 4.69) is 20.0 Å². The standard InChI is InChI=1S/C9H15N3O3/c1-6(2)8(9(13)14)10-4-3-7-11-5-15-12-7/h5-6,8,10H,3-4H2,1-2H3,(H,13,14). The number of aromatic nitrogens is 2. The van der Waals surface area contributed by atoms with Crippen LogP contribution in [0.4, 0.5) is 0 Å². The van der Waals surface area contributed by atoms with Gasteiger partial charge in [-0.05, 0) is 5.92 Å². The number of hydrogen-bond acceptors (Lipinski definition) is 5. The summed E-state index contributed by atoms with van der Waals surface area (Å²) in [5.74, 6) is -0.207. The molecule has 0 saturated heterocycles. The summed E-state index contributed by atoms with van der Waals surface area (Å²) in [5.41, 5.74) is 0. The van der Waals surface area contributed by atoms with Crippen LogP contribution in [0.1, 0.15) is 19.7 Å². The van der Waals surface area contributed by atoms with Crippen LogP contribution in [-0.2, 0) is 11.2 Å². The Kier molecular flexibility index (Phi) is 4.23. The van der Waals surface area contributed by atoms with Gasteiger partial charge in [0.05, 0.1) is 0 Å². The highest BCUT2D eigenvalue weighted by Crippen LogP contribution is 2.01. The van der Waals surface area contributed by atoms with Gasteiger partial charge in [0.1, 0.15) is 6.04 Å². The Labute approximate surface area is 87.7 Å². The summed E-state index contributed by atoms with van der Waals surface area (Å²) in [4.78, 5) is 14.7. The van der Waals surface area contributed by atoms with Crippen LogP contribution in [0.3, 0.4) is 0 Å². The van der Waals surface area contributed by atoms with Crippen molar-refractivity contribution in [2.24, 2.45) is 5.92 Å². The smallest absolute Gasteiger partial charge is 0.320 e. The third-order valence-corrected chi connectivity index (χ3v) is 2.05. The predicted molar refractivity (Wildman–Crippen MR) is 52.3 cm³/mol. The van der Waals surface area contributed by atoms with Crippen molar-refractivity contribution >= 4 is 5.97 Å². The van der Waals surface area contributed by atoms with Crippen LogP contribution in [-0.4, -0.2) is 33.8 Å². The number of nitrogens with one attached hydrogen (secondary N) is 1.